The third kappa shape index (κ3) is 6.46. The Morgan fingerprint density at radius 3 is 2.24 bits per heavy atom. The number of dihydropyridines is 1. The molecule has 0 unspecified atom stereocenters. The fourth-order valence-electron chi connectivity index (χ4n) is 4.20. The van der Waals surface area contributed by atoms with E-state index in [0.29, 0.717) is 32.6 Å². The number of nitrogens with zero attached hydrogens (tertiary/aromatic N) is 1. The van der Waals surface area contributed by atoms with Crippen molar-refractivity contribution >= 4 is 46.6 Å². The summed E-state index contributed by atoms with van der Waals surface area (Å²) in [5.41, 5.74) is 4.75. The zero-order valence-electron chi connectivity index (χ0n) is 21.0. The van der Waals surface area contributed by atoms with Crippen molar-refractivity contribution in [3.8, 4) is 6.07 Å². The van der Waals surface area contributed by atoms with Crippen LogP contribution < -0.4 is 16.0 Å². The van der Waals surface area contributed by atoms with E-state index in [4.69, 9.17) is 11.6 Å². The van der Waals surface area contributed by atoms with Crippen molar-refractivity contribution in [2.75, 3.05) is 16.4 Å². The quantitative estimate of drug-likeness (QED) is 0.298. The highest BCUT2D eigenvalue weighted by Gasteiger charge is 2.34. The molecule has 0 fully saturated rings. The fraction of sp³-hybridized carbons (Fsp3) is 0.167. The van der Waals surface area contributed by atoms with Gasteiger partial charge in [-0.2, -0.15) is 5.26 Å². The van der Waals surface area contributed by atoms with Gasteiger partial charge in [-0.05, 0) is 60.9 Å². The Morgan fingerprint density at radius 1 is 0.974 bits per heavy atom. The van der Waals surface area contributed by atoms with Crippen molar-refractivity contribution in [3.63, 3.8) is 0 Å². The van der Waals surface area contributed by atoms with Gasteiger partial charge in [-0.15, -0.1) is 0 Å². The lowest BCUT2D eigenvalue weighted by atomic mass is 9.82. The van der Waals surface area contributed by atoms with Gasteiger partial charge in [0.05, 0.1) is 28.3 Å². The molecule has 0 saturated heterocycles. The highest BCUT2D eigenvalue weighted by atomic mass is 35.5. The maximum Gasteiger partial charge on any atom is 0.254 e. The molecule has 4 rings (SSSR count). The highest BCUT2D eigenvalue weighted by Crippen LogP contribution is 2.41. The van der Waals surface area contributed by atoms with Gasteiger partial charge in [0.1, 0.15) is 0 Å². The first-order chi connectivity index (χ1) is 18.4. The summed E-state index contributed by atoms with van der Waals surface area (Å²) >= 11 is 7.22. The Kier molecular flexibility index (Phi) is 8.90. The summed E-state index contributed by atoms with van der Waals surface area (Å²) < 4.78 is 0. The molecule has 2 amide bonds. The van der Waals surface area contributed by atoms with Crippen LogP contribution in [0, 0.1) is 11.3 Å². The minimum absolute atomic E-state index is 0.101. The third-order valence-electron chi connectivity index (χ3n) is 6.12. The Balaban J connectivity index is 1.58. The number of hydrogen-bond acceptors (Lipinski definition) is 5. The van der Waals surface area contributed by atoms with Gasteiger partial charge in [-0.1, -0.05) is 72.8 Å². The standard InChI is InChI=1S/C30H27ClN4O2S/c1-3-20-9-13-23(14-10-20)34-26(36)18-38-30-25(17-32)28(21-7-5-4-6-8-21)27(19(2)33-30)29(37)35-24-15-11-22(31)12-16-24/h4-16,28,33H,3,18H2,1-2H3,(H,34,36)(H,35,37)/t28-/m0/s1. The molecule has 1 aliphatic rings. The zero-order valence-corrected chi connectivity index (χ0v) is 22.6. The molecule has 0 spiro atoms. The summed E-state index contributed by atoms with van der Waals surface area (Å²) in [5.74, 6) is -1.00. The molecule has 0 radical (unpaired) electrons. The molecule has 0 aromatic heterocycles. The number of amides is 2. The van der Waals surface area contributed by atoms with Crippen LogP contribution in [0.25, 0.3) is 0 Å². The smallest absolute Gasteiger partial charge is 0.254 e. The summed E-state index contributed by atoms with van der Waals surface area (Å²) in [6.07, 6.45) is 0.927. The lowest BCUT2D eigenvalue weighted by Crippen LogP contribution is -2.31. The van der Waals surface area contributed by atoms with Gasteiger partial charge in [-0.3, -0.25) is 9.59 Å². The maximum absolute atomic E-state index is 13.5. The van der Waals surface area contributed by atoms with E-state index < -0.39 is 5.92 Å². The number of rotatable bonds is 8. The number of allylic oxidation sites excluding steroid dienone is 2. The largest absolute Gasteiger partial charge is 0.353 e. The molecule has 3 aromatic carbocycles. The number of nitrogens with one attached hydrogen (secondary N) is 3. The number of benzene rings is 3. The molecule has 1 aliphatic heterocycles. The van der Waals surface area contributed by atoms with E-state index in [1.54, 1.807) is 31.2 Å². The first kappa shape index (κ1) is 27.1. The Hall–Kier alpha value is -3.99. The van der Waals surface area contributed by atoms with E-state index >= 15 is 0 Å². The number of halogens is 1. The first-order valence-electron chi connectivity index (χ1n) is 12.1. The molecule has 0 bridgehead atoms. The summed E-state index contributed by atoms with van der Waals surface area (Å²) in [5, 5.41) is 20.4. The average molecular weight is 543 g/mol. The number of anilines is 2. The van der Waals surface area contributed by atoms with Crippen LogP contribution in [0.2, 0.25) is 5.02 Å². The molecular formula is C30H27ClN4O2S. The average Bonchev–Trinajstić information content (AvgIpc) is 2.93. The lowest BCUT2D eigenvalue weighted by molar-refractivity contribution is -0.114. The molecular weight excluding hydrogens is 516 g/mol. The summed E-state index contributed by atoms with van der Waals surface area (Å²) in [7, 11) is 0. The van der Waals surface area contributed by atoms with Gasteiger partial charge in [0.25, 0.3) is 5.91 Å². The lowest BCUT2D eigenvalue weighted by Gasteiger charge is -2.30. The topological polar surface area (TPSA) is 94.0 Å². The Bertz CT molecular complexity index is 1430. The number of hydrogen-bond donors (Lipinski definition) is 3. The van der Waals surface area contributed by atoms with E-state index in [1.807, 2.05) is 54.6 Å². The molecule has 1 atom stereocenters. The van der Waals surface area contributed by atoms with Crippen molar-refractivity contribution < 1.29 is 9.59 Å². The minimum Gasteiger partial charge on any atom is -0.353 e. The number of thioether (sulfide) groups is 1. The monoisotopic (exact) mass is 542 g/mol. The van der Waals surface area contributed by atoms with Crippen LogP contribution in [0.4, 0.5) is 11.4 Å². The Labute approximate surface area is 231 Å². The molecule has 38 heavy (non-hydrogen) atoms. The maximum atomic E-state index is 13.5. The molecule has 1 heterocycles. The van der Waals surface area contributed by atoms with E-state index in [0.717, 1.165) is 17.7 Å². The summed E-state index contributed by atoms with van der Waals surface area (Å²) in [4.78, 5) is 26.2. The molecule has 0 saturated carbocycles. The van der Waals surface area contributed by atoms with Crippen LogP contribution in [-0.4, -0.2) is 17.6 Å². The van der Waals surface area contributed by atoms with Crippen molar-refractivity contribution in [2.45, 2.75) is 26.2 Å². The van der Waals surface area contributed by atoms with Crippen LogP contribution >= 0.6 is 23.4 Å². The SMILES string of the molecule is CCc1ccc(NC(=O)CSC2=C(C#N)[C@H](c3ccccc3)C(C(=O)Nc3ccc(Cl)cc3)=C(C)N2)cc1. The van der Waals surface area contributed by atoms with Crippen molar-refractivity contribution in [2.24, 2.45) is 0 Å². The van der Waals surface area contributed by atoms with E-state index in [1.165, 1.54) is 17.3 Å². The zero-order chi connectivity index (χ0) is 27.1. The second-order valence-electron chi connectivity index (χ2n) is 8.71. The van der Waals surface area contributed by atoms with E-state index in [2.05, 4.69) is 28.9 Å². The first-order valence-corrected chi connectivity index (χ1v) is 13.5. The van der Waals surface area contributed by atoms with Gasteiger partial charge in [0, 0.05) is 27.7 Å². The highest BCUT2D eigenvalue weighted by molar-refractivity contribution is 8.03. The van der Waals surface area contributed by atoms with Crippen LogP contribution in [0.1, 0.15) is 30.9 Å². The normalized spacial score (nSPS) is 14.9. The number of carbonyl (C=O) groups is 2. The van der Waals surface area contributed by atoms with Gasteiger partial charge in [-0.25, -0.2) is 0 Å². The molecule has 3 N–H and O–H groups in total. The second-order valence-corrected chi connectivity index (χ2v) is 10.1. The van der Waals surface area contributed by atoms with Gasteiger partial charge in [0.2, 0.25) is 5.91 Å². The third-order valence-corrected chi connectivity index (χ3v) is 7.39. The van der Waals surface area contributed by atoms with Crippen molar-refractivity contribution in [3.05, 3.63) is 117 Å². The van der Waals surface area contributed by atoms with Gasteiger partial charge < -0.3 is 16.0 Å². The molecule has 0 aliphatic carbocycles. The van der Waals surface area contributed by atoms with Gasteiger partial charge >= 0.3 is 0 Å². The number of nitriles is 1. The van der Waals surface area contributed by atoms with Crippen LogP contribution in [0.3, 0.4) is 0 Å². The van der Waals surface area contributed by atoms with E-state index in [9.17, 15) is 14.9 Å². The predicted octanol–water partition coefficient (Wildman–Crippen LogP) is 6.61. The summed E-state index contributed by atoms with van der Waals surface area (Å²) in [6.45, 7) is 3.88. The fourth-order valence-corrected chi connectivity index (χ4v) is 5.21. The molecule has 192 valence electrons. The van der Waals surface area contributed by atoms with E-state index in [-0.39, 0.29) is 17.6 Å². The second kappa shape index (κ2) is 12.5. The summed E-state index contributed by atoms with van der Waals surface area (Å²) in [6, 6.07) is 26.3. The molecule has 3 aromatic rings. The van der Waals surface area contributed by atoms with Crippen molar-refractivity contribution in [1.29, 1.82) is 5.26 Å². The van der Waals surface area contributed by atoms with Crippen molar-refractivity contribution in [1.82, 2.24) is 5.32 Å². The molecule has 8 heteroatoms. The van der Waals surface area contributed by atoms with Crippen LogP contribution in [-0.2, 0) is 16.0 Å². The number of aryl methyl sites for hydroxylation is 1. The molecule has 6 nitrogen and oxygen atoms in total. The van der Waals surface area contributed by atoms with Gasteiger partial charge in [0.15, 0.2) is 0 Å². The van der Waals surface area contributed by atoms with Crippen LogP contribution in [0.5, 0.6) is 0 Å². The minimum atomic E-state index is -0.595. The predicted molar refractivity (Wildman–Crippen MR) is 155 cm³/mol. The number of carbonyl (C=O) groups excluding carboxylic acids is 2. The van der Waals surface area contributed by atoms with Crippen LogP contribution in [0.15, 0.2) is 101 Å². The Morgan fingerprint density at radius 2 is 1.61 bits per heavy atom.